The number of nitrogens with two attached hydrogens (primary N) is 1. The van der Waals surface area contributed by atoms with Crippen LogP contribution in [0.3, 0.4) is 0 Å². The lowest BCUT2D eigenvalue weighted by Gasteiger charge is -2.36. The van der Waals surface area contributed by atoms with E-state index in [2.05, 4.69) is 11.4 Å². The molecule has 1 rings (SSSR count). The summed E-state index contributed by atoms with van der Waals surface area (Å²) in [5.41, 5.74) is 4.47. The number of hydrogen-bond acceptors (Lipinski definition) is 4. The van der Waals surface area contributed by atoms with Gasteiger partial charge in [0, 0.05) is 19.5 Å². The number of likely N-dealkylation sites (tertiary alicyclic amines) is 1. The lowest BCUT2D eigenvalue weighted by Crippen LogP contribution is -2.57. The van der Waals surface area contributed by atoms with E-state index >= 15 is 0 Å². The van der Waals surface area contributed by atoms with Crippen molar-refractivity contribution in [2.24, 2.45) is 5.73 Å². The number of piperidine rings is 1. The minimum absolute atomic E-state index is 0.473. The zero-order chi connectivity index (χ0) is 14.7. The van der Waals surface area contributed by atoms with Gasteiger partial charge < -0.3 is 16.0 Å². The van der Waals surface area contributed by atoms with Gasteiger partial charge in [-0.3, -0.25) is 4.79 Å². The molecule has 1 amide bonds. The maximum atomic E-state index is 12.8. The van der Waals surface area contributed by atoms with Gasteiger partial charge in [-0.05, 0) is 26.8 Å². The minimum atomic E-state index is -3.00. The Hall–Kier alpha value is -1.26. The van der Waals surface area contributed by atoms with Crippen molar-refractivity contribution >= 4 is 5.91 Å². The van der Waals surface area contributed by atoms with Crippen LogP contribution in [0.2, 0.25) is 0 Å². The van der Waals surface area contributed by atoms with Crippen LogP contribution in [0.1, 0.15) is 26.2 Å². The van der Waals surface area contributed by atoms with Crippen molar-refractivity contribution in [2.45, 2.75) is 43.7 Å². The van der Waals surface area contributed by atoms with Crippen molar-refractivity contribution in [2.75, 3.05) is 20.1 Å². The number of nitriles is 1. The van der Waals surface area contributed by atoms with E-state index in [1.165, 1.54) is 0 Å². The summed E-state index contributed by atoms with van der Waals surface area (Å²) >= 11 is 0. The van der Waals surface area contributed by atoms with Gasteiger partial charge >= 0.3 is 0 Å². The predicted octanol–water partition coefficient (Wildman–Crippen LogP) is 0.463. The maximum Gasteiger partial charge on any atom is 0.247 e. The second-order valence-electron chi connectivity index (χ2n) is 5.37. The van der Waals surface area contributed by atoms with E-state index < -0.39 is 29.8 Å². The highest BCUT2D eigenvalue weighted by Gasteiger charge is 2.37. The molecular formula is C12H20F2N4O. The monoisotopic (exact) mass is 274 g/mol. The molecule has 1 aliphatic rings. The number of alkyl halides is 2. The number of halogens is 2. The zero-order valence-electron chi connectivity index (χ0n) is 11.2. The molecule has 0 saturated carbocycles. The summed E-state index contributed by atoms with van der Waals surface area (Å²) in [7, 11) is 1.92. The highest BCUT2D eigenvalue weighted by Crippen LogP contribution is 2.22. The van der Waals surface area contributed by atoms with Crippen LogP contribution in [0.25, 0.3) is 0 Å². The number of nitrogens with one attached hydrogen (secondary N) is 1. The van der Waals surface area contributed by atoms with Gasteiger partial charge in [0.25, 0.3) is 0 Å². The first-order valence-corrected chi connectivity index (χ1v) is 6.23. The van der Waals surface area contributed by atoms with Gasteiger partial charge in [0.2, 0.25) is 11.8 Å². The molecule has 1 fully saturated rings. The van der Waals surface area contributed by atoms with Crippen LogP contribution >= 0.6 is 0 Å². The molecule has 1 heterocycles. The summed E-state index contributed by atoms with van der Waals surface area (Å²) in [5, 5.41) is 11.8. The van der Waals surface area contributed by atoms with Crippen molar-refractivity contribution in [1.29, 1.82) is 5.26 Å². The number of hydrogen-bond donors (Lipinski definition) is 2. The van der Waals surface area contributed by atoms with E-state index in [0.29, 0.717) is 25.9 Å². The highest BCUT2D eigenvalue weighted by molar-refractivity contribution is 5.82. The molecule has 19 heavy (non-hydrogen) atoms. The van der Waals surface area contributed by atoms with Gasteiger partial charge in [-0.2, -0.15) is 5.26 Å². The lowest BCUT2D eigenvalue weighted by molar-refractivity contribution is -0.126. The Kier molecular flexibility index (Phi) is 4.82. The smallest absolute Gasteiger partial charge is 0.247 e. The Morgan fingerprint density at radius 1 is 1.58 bits per heavy atom. The molecule has 0 bridgehead atoms. The molecule has 0 spiro atoms. The van der Waals surface area contributed by atoms with Gasteiger partial charge in [0.1, 0.15) is 5.54 Å². The fraction of sp³-hybridized carbons (Fsp3) is 0.833. The topological polar surface area (TPSA) is 82.2 Å². The van der Waals surface area contributed by atoms with Crippen LogP contribution in [0, 0.1) is 11.3 Å². The molecule has 1 atom stereocenters. The fourth-order valence-electron chi connectivity index (χ4n) is 2.07. The van der Waals surface area contributed by atoms with Crippen LogP contribution in [0.4, 0.5) is 8.78 Å². The summed E-state index contributed by atoms with van der Waals surface area (Å²) < 4.78 is 25.6. The van der Waals surface area contributed by atoms with Gasteiger partial charge in [0.15, 0.2) is 0 Å². The van der Waals surface area contributed by atoms with Crippen LogP contribution < -0.4 is 11.1 Å². The molecule has 0 aliphatic carbocycles. The molecule has 3 N–H and O–H groups in total. The van der Waals surface area contributed by atoms with E-state index in [4.69, 9.17) is 5.73 Å². The molecule has 108 valence electrons. The highest BCUT2D eigenvalue weighted by atomic mass is 19.3. The Balaban J connectivity index is 2.62. The first kappa shape index (κ1) is 15.8. The number of rotatable bonds is 4. The van der Waals surface area contributed by atoms with Crippen molar-refractivity contribution in [3.63, 3.8) is 0 Å². The van der Waals surface area contributed by atoms with Gasteiger partial charge in [-0.25, -0.2) is 8.78 Å². The standard InChI is InChI=1S/C12H20F2N4O/c1-11(13,14)7-9(16)10(19)17-12(8-15)3-5-18(2)6-4-12/h9H,3-7,16H2,1-2H3,(H,17,19)/t9-/m0/s1. The van der Waals surface area contributed by atoms with Crippen molar-refractivity contribution in [3.8, 4) is 6.07 Å². The number of nitrogens with zero attached hydrogens (tertiary/aromatic N) is 2. The van der Waals surface area contributed by atoms with E-state index in [1.54, 1.807) is 0 Å². The first-order chi connectivity index (χ1) is 8.67. The molecule has 0 aromatic carbocycles. The van der Waals surface area contributed by atoms with Crippen molar-refractivity contribution < 1.29 is 13.6 Å². The number of amides is 1. The molecular weight excluding hydrogens is 254 g/mol. The Morgan fingerprint density at radius 3 is 2.53 bits per heavy atom. The van der Waals surface area contributed by atoms with Crippen molar-refractivity contribution in [3.05, 3.63) is 0 Å². The third-order valence-corrected chi connectivity index (χ3v) is 3.33. The van der Waals surface area contributed by atoms with Gasteiger partial charge in [-0.1, -0.05) is 0 Å². The molecule has 0 unspecified atom stereocenters. The molecule has 0 radical (unpaired) electrons. The van der Waals surface area contributed by atoms with E-state index in [9.17, 15) is 18.8 Å². The first-order valence-electron chi connectivity index (χ1n) is 6.23. The SMILES string of the molecule is CN1CCC(C#N)(NC(=O)[C@@H](N)CC(C)(F)F)CC1. The average Bonchev–Trinajstić information content (AvgIpc) is 2.30. The van der Waals surface area contributed by atoms with Crippen molar-refractivity contribution in [1.82, 2.24) is 10.2 Å². The second kappa shape index (κ2) is 5.80. The summed E-state index contributed by atoms with van der Waals surface area (Å²) in [6.45, 7) is 2.07. The quantitative estimate of drug-likeness (QED) is 0.780. The molecule has 0 aromatic heterocycles. The van der Waals surface area contributed by atoms with Crippen LogP contribution in [-0.4, -0.2) is 48.4 Å². The third kappa shape index (κ3) is 4.73. The average molecular weight is 274 g/mol. The lowest BCUT2D eigenvalue weighted by atomic mass is 9.88. The van der Waals surface area contributed by atoms with Gasteiger partial charge in [-0.15, -0.1) is 0 Å². The predicted molar refractivity (Wildman–Crippen MR) is 66.4 cm³/mol. The fourth-order valence-corrected chi connectivity index (χ4v) is 2.07. The van der Waals surface area contributed by atoms with Crippen LogP contribution in [-0.2, 0) is 4.79 Å². The Bertz CT molecular complexity index is 367. The summed E-state index contributed by atoms with van der Waals surface area (Å²) in [4.78, 5) is 13.8. The molecule has 1 saturated heterocycles. The largest absolute Gasteiger partial charge is 0.336 e. The van der Waals surface area contributed by atoms with E-state index in [1.807, 2.05) is 11.9 Å². The summed E-state index contributed by atoms with van der Waals surface area (Å²) in [6, 6.07) is 0.784. The number of carbonyl (C=O) groups is 1. The van der Waals surface area contributed by atoms with E-state index in [0.717, 1.165) is 6.92 Å². The molecule has 7 heteroatoms. The Labute approximate surface area is 111 Å². The summed E-state index contributed by atoms with van der Waals surface area (Å²) in [6.07, 6.45) is 0.224. The van der Waals surface area contributed by atoms with E-state index in [-0.39, 0.29) is 0 Å². The van der Waals surface area contributed by atoms with Crippen LogP contribution in [0.15, 0.2) is 0 Å². The number of carbonyl (C=O) groups excluding carboxylic acids is 1. The second-order valence-corrected chi connectivity index (χ2v) is 5.37. The third-order valence-electron chi connectivity index (χ3n) is 3.33. The van der Waals surface area contributed by atoms with Gasteiger partial charge in [0.05, 0.1) is 12.1 Å². The van der Waals surface area contributed by atoms with Crippen LogP contribution in [0.5, 0.6) is 0 Å². The normalized spacial score (nSPS) is 21.5. The summed E-state index contributed by atoms with van der Waals surface area (Å²) in [5.74, 6) is -3.68. The molecule has 0 aromatic rings. The Morgan fingerprint density at radius 2 is 2.11 bits per heavy atom. The minimum Gasteiger partial charge on any atom is -0.336 e. The molecule has 5 nitrogen and oxygen atoms in total. The molecule has 1 aliphatic heterocycles. The maximum absolute atomic E-state index is 12.8. The zero-order valence-corrected chi connectivity index (χ0v) is 11.2.